The van der Waals surface area contributed by atoms with Crippen LogP contribution in [-0.4, -0.2) is 12.4 Å². The largest absolute Gasteiger partial charge is 0.297 e. The molecule has 0 fully saturated rings. The SMILES string of the molecule is CC1=NN(c2ccccc2)P(C)(=O)C(c2ccccc2)(c2ccccc2)C1. The summed E-state index contributed by atoms with van der Waals surface area (Å²) in [5, 5.41) is 4.10. The van der Waals surface area contributed by atoms with Gasteiger partial charge < -0.3 is 0 Å². The molecule has 1 aliphatic heterocycles. The third-order valence-corrected chi connectivity index (χ3v) is 8.47. The fraction of sp³-hybridized carbons (Fsp3) is 0.174. The van der Waals surface area contributed by atoms with E-state index in [9.17, 15) is 4.57 Å². The smallest absolute Gasteiger partial charge is 0.203 e. The molecule has 3 aromatic rings. The Morgan fingerprint density at radius 2 is 1.26 bits per heavy atom. The summed E-state index contributed by atoms with van der Waals surface area (Å²) in [7, 11) is -3.00. The van der Waals surface area contributed by atoms with Crippen LogP contribution in [0.4, 0.5) is 5.69 Å². The normalized spacial score (nSPS) is 21.6. The van der Waals surface area contributed by atoms with Gasteiger partial charge in [-0.3, -0.25) is 4.57 Å². The zero-order chi connectivity index (χ0) is 18.9. The lowest BCUT2D eigenvalue weighted by Crippen LogP contribution is -2.39. The Morgan fingerprint density at radius 3 is 1.74 bits per heavy atom. The molecule has 1 aliphatic rings. The Balaban J connectivity index is 2.02. The summed E-state index contributed by atoms with van der Waals surface area (Å²) in [6.45, 7) is 3.89. The molecule has 0 saturated heterocycles. The Labute approximate surface area is 160 Å². The molecule has 3 nitrogen and oxygen atoms in total. The molecule has 27 heavy (non-hydrogen) atoms. The Morgan fingerprint density at radius 1 is 0.815 bits per heavy atom. The zero-order valence-electron chi connectivity index (χ0n) is 15.6. The van der Waals surface area contributed by atoms with Crippen molar-refractivity contribution in [2.24, 2.45) is 5.10 Å². The van der Waals surface area contributed by atoms with Crippen molar-refractivity contribution in [1.29, 1.82) is 0 Å². The van der Waals surface area contributed by atoms with Gasteiger partial charge in [-0.05, 0) is 30.2 Å². The van der Waals surface area contributed by atoms with Crippen molar-refractivity contribution in [2.75, 3.05) is 11.4 Å². The maximum absolute atomic E-state index is 14.6. The van der Waals surface area contributed by atoms with Gasteiger partial charge in [-0.25, -0.2) is 4.78 Å². The van der Waals surface area contributed by atoms with E-state index in [1.54, 1.807) is 4.78 Å². The highest BCUT2D eigenvalue weighted by Crippen LogP contribution is 2.70. The Kier molecular flexibility index (Phi) is 4.49. The van der Waals surface area contributed by atoms with Crippen molar-refractivity contribution in [3.63, 3.8) is 0 Å². The maximum atomic E-state index is 14.6. The van der Waals surface area contributed by atoms with Gasteiger partial charge in [0.25, 0.3) is 0 Å². The Hall–Kier alpha value is -2.64. The van der Waals surface area contributed by atoms with E-state index in [4.69, 9.17) is 5.10 Å². The van der Waals surface area contributed by atoms with Crippen LogP contribution in [0.25, 0.3) is 0 Å². The summed E-state index contributed by atoms with van der Waals surface area (Å²) in [6.07, 6.45) is 0.637. The van der Waals surface area contributed by atoms with E-state index in [2.05, 4.69) is 24.3 Å². The predicted molar refractivity (Wildman–Crippen MR) is 114 cm³/mol. The van der Waals surface area contributed by atoms with E-state index >= 15 is 0 Å². The molecule has 4 heteroatoms. The predicted octanol–water partition coefficient (Wildman–Crippen LogP) is 6.12. The lowest BCUT2D eigenvalue weighted by Gasteiger charge is -2.47. The summed E-state index contributed by atoms with van der Waals surface area (Å²) in [6, 6.07) is 30.3. The van der Waals surface area contributed by atoms with E-state index in [1.807, 2.05) is 80.3 Å². The van der Waals surface area contributed by atoms with Crippen LogP contribution in [0.2, 0.25) is 0 Å². The molecule has 3 aromatic carbocycles. The second kappa shape index (κ2) is 6.83. The topological polar surface area (TPSA) is 32.7 Å². The third-order valence-electron chi connectivity index (χ3n) is 5.34. The highest BCUT2D eigenvalue weighted by molar-refractivity contribution is 7.66. The number of para-hydroxylation sites is 1. The first-order valence-corrected chi connectivity index (χ1v) is 11.2. The van der Waals surface area contributed by atoms with Crippen LogP contribution in [0.3, 0.4) is 0 Å². The summed E-state index contributed by atoms with van der Waals surface area (Å²) in [5.41, 5.74) is 3.97. The van der Waals surface area contributed by atoms with E-state index in [0.29, 0.717) is 6.42 Å². The minimum absolute atomic E-state index is 0.637. The van der Waals surface area contributed by atoms with Gasteiger partial charge in [0.15, 0.2) is 0 Å². The lowest BCUT2D eigenvalue weighted by molar-refractivity contribution is 0.542. The number of benzene rings is 3. The molecule has 0 N–H and O–H groups in total. The van der Waals surface area contributed by atoms with Gasteiger partial charge in [0, 0.05) is 18.8 Å². The van der Waals surface area contributed by atoms with Crippen molar-refractivity contribution in [3.8, 4) is 0 Å². The minimum atomic E-state index is -3.00. The number of hydrogen-bond acceptors (Lipinski definition) is 2. The number of anilines is 1. The fourth-order valence-corrected chi connectivity index (χ4v) is 7.08. The first kappa shape index (κ1) is 17.8. The van der Waals surface area contributed by atoms with Crippen molar-refractivity contribution in [2.45, 2.75) is 18.5 Å². The number of hydrogen-bond donors (Lipinski definition) is 0. The maximum Gasteiger partial charge on any atom is 0.203 e. The van der Waals surface area contributed by atoms with Gasteiger partial charge in [0.1, 0.15) is 0 Å². The summed E-state index contributed by atoms with van der Waals surface area (Å²) < 4.78 is 16.4. The van der Waals surface area contributed by atoms with Crippen molar-refractivity contribution in [3.05, 3.63) is 102 Å². The van der Waals surface area contributed by atoms with E-state index in [0.717, 1.165) is 22.5 Å². The highest BCUT2D eigenvalue weighted by Gasteiger charge is 2.54. The molecule has 0 amide bonds. The quantitative estimate of drug-likeness (QED) is 0.517. The average Bonchev–Trinajstić information content (AvgIpc) is 2.71. The van der Waals surface area contributed by atoms with E-state index in [1.165, 1.54) is 0 Å². The minimum Gasteiger partial charge on any atom is -0.297 e. The van der Waals surface area contributed by atoms with E-state index < -0.39 is 12.4 Å². The second-order valence-corrected chi connectivity index (χ2v) is 10.0. The van der Waals surface area contributed by atoms with Crippen LogP contribution < -0.4 is 4.78 Å². The average molecular weight is 374 g/mol. The molecule has 136 valence electrons. The molecule has 0 spiro atoms. The van der Waals surface area contributed by atoms with Gasteiger partial charge >= 0.3 is 0 Å². The molecule has 0 aliphatic carbocycles. The molecule has 0 saturated carbocycles. The molecule has 1 unspecified atom stereocenters. The monoisotopic (exact) mass is 374 g/mol. The zero-order valence-corrected chi connectivity index (χ0v) is 16.5. The Bertz CT molecular complexity index is 961. The molecule has 1 atom stereocenters. The summed E-state index contributed by atoms with van der Waals surface area (Å²) >= 11 is 0. The van der Waals surface area contributed by atoms with Gasteiger partial charge in [-0.15, -0.1) is 0 Å². The lowest BCUT2D eigenvalue weighted by atomic mass is 9.86. The van der Waals surface area contributed by atoms with Gasteiger partial charge in [0.05, 0.1) is 10.8 Å². The van der Waals surface area contributed by atoms with Crippen LogP contribution in [-0.2, 0) is 9.72 Å². The second-order valence-electron chi connectivity index (χ2n) is 7.11. The molecule has 0 radical (unpaired) electrons. The van der Waals surface area contributed by atoms with E-state index in [-0.39, 0.29) is 0 Å². The third kappa shape index (κ3) is 2.83. The number of rotatable bonds is 3. The van der Waals surface area contributed by atoms with Crippen molar-refractivity contribution < 1.29 is 4.57 Å². The van der Waals surface area contributed by atoms with Gasteiger partial charge in [-0.2, -0.15) is 5.10 Å². The van der Waals surface area contributed by atoms with Crippen LogP contribution >= 0.6 is 7.29 Å². The van der Waals surface area contributed by atoms with Crippen LogP contribution in [0.1, 0.15) is 24.5 Å². The summed E-state index contributed by atoms with van der Waals surface area (Å²) in [4.78, 5) is 0. The molecule has 4 rings (SSSR count). The molecule has 1 heterocycles. The molecular weight excluding hydrogens is 351 g/mol. The van der Waals surface area contributed by atoms with Crippen molar-refractivity contribution in [1.82, 2.24) is 0 Å². The fourth-order valence-electron chi connectivity index (χ4n) is 4.08. The van der Waals surface area contributed by atoms with Crippen LogP contribution in [0.5, 0.6) is 0 Å². The van der Waals surface area contributed by atoms with Crippen molar-refractivity contribution >= 4 is 18.7 Å². The molecule has 0 aromatic heterocycles. The number of nitrogens with zero attached hydrogens (tertiary/aromatic N) is 2. The van der Waals surface area contributed by atoms with Gasteiger partial charge in [-0.1, -0.05) is 78.9 Å². The first-order valence-electron chi connectivity index (χ1n) is 9.14. The molecule has 0 bridgehead atoms. The standard InChI is InChI=1S/C23H23N2OP/c1-19-18-23(20-12-6-3-7-13-20,21-14-8-4-9-15-21)27(2,26)25(24-19)22-16-10-5-11-17-22/h3-17H,18H2,1-2H3. The molecular formula is C23H23N2OP. The van der Waals surface area contributed by atoms with Crippen LogP contribution in [0, 0.1) is 0 Å². The number of hydrazone groups is 1. The summed E-state index contributed by atoms with van der Waals surface area (Å²) in [5.74, 6) is 0. The highest BCUT2D eigenvalue weighted by atomic mass is 31.2. The van der Waals surface area contributed by atoms with Gasteiger partial charge in [0.2, 0.25) is 7.29 Å². The van der Waals surface area contributed by atoms with Crippen LogP contribution in [0.15, 0.2) is 96.1 Å². The first-order chi connectivity index (χ1) is 13.1.